The van der Waals surface area contributed by atoms with Gasteiger partial charge in [0.05, 0.1) is 13.7 Å². The molecule has 70 valence electrons. The van der Waals surface area contributed by atoms with Crippen LogP contribution in [0.2, 0.25) is 0 Å². The zero-order valence-corrected chi connectivity index (χ0v) is 7.53. The van der Waals surface area contributed by atoms with Gasteiger partial charge in [0, 0.05) is 0 Å². The fourth-order valence-electron chi connectivity index (χ4n) is 1.37. The second-order valence-corrected chi connectivity index (χ2v) is 2.92. The van der Waals surface area contributed by atoms with Crippen molar-refractivity contribution in [1.29, 1.82) is 0 Å². The standard InChI is InChI=1S/C10H12O3/c1-11-9-4-2-3-8(5-9)10-6-12-7-13-10/h2-5,10H,6-7H2,1H3. The highest BCUT2D eigenvalue weighted by atomic mass is 16.7. The van der Waals surface area contributed by atoms with Crippen LogP contribution in [0.1, 0.15) is 11.7 Å². The molecule has 1 fully saturated rings. The third-order valence-corrected chi connectivity index (χ3v) is 2.09. The van der Waals surface area contributed by atoms with E-state index < -0.39 is 0 Å². The molecule has 1 unspecified atom stereocenters. The van der Waals surface area contributed by atoms with E-state index in [4.69, 9.17) is 14.2 Å². The van der Waals surface area contributed by atoms with Crippen molar-refractivity contribution in [3.8, 4) is 5.75 Å². The van der Waals surface area contributed by atoms with Crippen LogP contribution in [-0.2, 0) is 9.47 Å². The lowest BCUT2D eigenvalue weighted by molar-refractivity contribution is 0.0465. The topological polar surface area (TPSA) is 27.7 Å². The fourth-order valence-corrected chi connectivity index (χ4v) is 1.37. The molecule has 3 heteroatoms. The number of hydrogen-bond donors (Lipinski definition) is 0. The Labute approximate surface area is 77.2 Å². The number of hydrogen-bond acceptors (Lipinski definition) is 3. The van der Waals surface area contributed by atoms with Crippen molar-refractivity contribution in [2.75, 3.05) is 20.5 Å². The Bertz CT molecular complexity index is 279. The quantitative estimate of drug-likeness (QED) is 0.693. The molecule has 13 heavy (non-hydrogen) atoms. The smallest absolute Gasteiger partial charge is 0.147 e. The van der Waals surface area contributed by atoms with Gasteiger partial charge in [-0.3, -0.25) is 0 Å². The lowest BCUT2D eigenvalue weighted by Gasteiger charge is -2.08. The van der Waals surface area contributed by atoms with Gasteiger partial charge in [-0.1, -0.05) is 12.1 Å². The molecule has 0 aliphatic carbocycles. The lowest BCUT2D eigenvalue weighted by Crippen LogP contribution is -1.99. The molecule has 1 atom stereocenters. The Hall–Kier alpha value is -1.06. The minimum atomic E-state index is 0.0649. The predicted molar refractivity (Wildman–Crippen MR) is 47.6 cm³/mol. The highest BCUT2D eigenvalue weighted by molar-refractivity contribution is 5.30. The van der Waals surface area contributed by atoms with E-state index in [1.807, 2.05) is 24.3 Å². The van der Waals surface area contributed by atoms with Gasteiger partial charge in [0.15, 0.2) is 0 Å². The molecule has 1 saturated heterocycles. The fraction of sp³-hybridized carbons (Fsp3) is 0.400. The summed E-state index contributed by atoms with van der Waals surface area (Å²) in [4.78, 5) is 0. The second-order valence-electron chi connectivity index (χ2n) is 2.92. The molecule has 0 aromatic heterocycles. The average Bonchev–Trinajstić information content (AvgIpc) is 2.71. The molecular weight excluding hydrogens is 168 g/mol. The Morgan fingerprint density at radius 1 is 1.46 bits per heavy atom. The second kappa shape index (κ2) is 3.77. The summed E-state index contributed by atoms with van der Waals surface area (Å²) in [6.45, 7) is 1.02. The Kier molecular flexibility index (Phi) is 2.47. The van der Waals surface area contributed by atoms with Crippen LogP contribution < -0.4 is 4.74 Å². The molecule has 0 spiro atoms. The van der Waals surface area contributed by atoms with Gasteiger partial charge in [0.1, 0.15) is 18.6 Å². The summed E-state index contributed by atoms with van der Waals surface area (Å²) in [5, 5.41) is 0. The summed E-state index contributed by atoms with van der Waals surface area (Å²) >= 11 is 0. The van der Waals surface area contributed by atoms with Crippen LogP contribution >= 0.6 is 0 Å². The van der Waals surface area contributed by atoms with E-state index in [9.17, 15) is 0 Å². The molecule has 0 saturated carbocycles. The van der Waals surface area contributed by atoms with Crippen molar-refractivity contribution < 1.29 is 14.2 Å². The summed E-state index contributed by atoms with van der Waals surface area (Å²) in [5.41, 5.74) is 1.11. The monoisotopic (exact) mass is 180 g/mol. The highest BCUT2D eigenvalue weighted by Crippen LogP contribution is 2.25. The first-order valence-electron chi connectivity index (χ1n) is 4.23. The lowest BCUT2D eigenvalue weighted by atomic mass is 10.1. The van der Waals surface area contributed by atoms with Crippen molar-refractivity contribution in [3.05, 3.63) is 29.8 Å². The van der Waals surface area contributed by atoms with E-state index in [0.29, 0.717) is 13.4 Å². The largest absolute Gasteiger partial charge is 0.497 e. The summed E-state index contributed by atoms with van der Waals surface area (Å²) in [6, 6.07) is 7.86. The van der Waals surface area contributed by atoms with Gasteiger partial charge in [-0.05, 0) is 17.7 Å². The molecule has 1 aliphatic heterocycles. The first-order valence-corrected chi connectivity index (χ1v) is 4.23. The van der Waals surface area contributed by atoms with Crippen molar-refractivity contribution in [1.82, 2.24) is 0 Å². The zero-order chi connectivity index (χ0) is 9.10. The molecule has 1 aromatic rings. The third-order valence-electron chi connectivity index (χ3n) is 2.09. The Morgan fingerprint density at radius 3 is 3.08 bits per heavy atom. The molecule has 2 rings (SSSR count). The van der Waals surface area contributed by atoms with E-state index in [1.54, 1.807) is 7.11 Å². The van der Waals surface area contributed by atoms with Gasteiger partial charge in [0.25, 0.3) is 0 Å². The van der Waals surface area contributed by atoms with Gasteiger partial charge >= 0.3 is 0 Å². The van der Waals surface area contributed by atoms with E-state index in [0.717, 1.165) is 11.3 Å². The van der Waals surface area contributed by atoms with E-state index >= 15 is 0 Å². The summed E-state index contributed by atoms with van der Waals surface area (Å²) in [6.07, 6.45) is 0.0649. The maximum atomic E-state index is 5.36. The molecule has 0 radical (unpaired) electrons. The molecule has 1 heterocycles. The summed E-state index contributed by atoms with van der Waals surface area (Å²) in [5.74, 6) is 0.855. The van der Waals surface area contributed by atoms with Crippen LogP contribution in [0, 0.1) is 0 Å². The van der Waals surface area contributed by atoms with Gasteiger partial charge < -0.3 is 14.2 Å². The predicted octanol–water partition coefficient (Wildman–Crippen LogP) is 1.74. The summed E-state index contributed by atoms with van der Waals surface area (Å²) in [7, 11) is 1.66. The molecule has 3 nitrogen and oxygen atoms in total. The van der Waals surface area contributed by atoms with Gasteiger partial charge in [-0.2, -0.15) is 0 Å². The first kappa shape index (κ1) is 8.53. The first-order chi connectivity index (χ1) is 6.40. The van der Waals surface area contributed by atoms with Crippen molar-refractivity contribution in [2.45, 2.75) is 6.10 Å². The van der Waals surface area contributed by atoms with Crippen LogP contribution in [-0.4, -0.2) is 20.5 Å². The Balaban J connectivity index is 2.18. The van der Waals surface area contributed by atoms with Crippen LogP contribution in [0.5, 0.6) is 5.75 Å². The Morgan fingerprint density at radius 2 is 2.38 bits per heavy atom. The van der Waals surface area contributed by atoms with E-state index in [2.05, 4.69) is 0 Å². The van der Waals surface area contributed by atoms with Crippen LogP contribution in [0.4, 0.5) is 0 Å². The van der Waals surface area contributed by atoms with Gasteiger partial charge in [-0.25, -0.2) is 0 Å². The maximum Gasteiger partial charge on any atom is 0.147 e. The SMILES string of the molecule is COc1cccc(C2COCO2)c1. The zero-order valence-electron chi connectivity index (χ0n) is 7.53. The molecule has 1 aromatic carbocycles. The van der Waals surface area contributed by atoms with Crippen molar-refractivity contribution in [2.24, 2.45) is 0 Å². The normalized spacial score (nSPS) is 21.8. The minimum absolute atomic E-state index is 0.0649. The number of rotatable bonds is 2. The van der Waals surface area contributed by atoms with Crippen LogP contribution in [0.15, 0.2) is 24.3 Å². The minimum Gasteiger partial charge on any atom is -0.497 e. The van der Waals surface area contributed by atoms with Crippen molar-refractivity contribution >= 4 is 0 Å². The van der Waals surface area contributed by atoms with Gasteiger partial charge in [0.2, 0.25) is 0 Å². The van der Waals surface area contributed by atoms with Crippen molar-refractivity contribution in [3.63, 3.8) is 0 Å². The third kappa shape index (κ3) is 1.82. The molecule has 0 amide bonds. The van der Waals surface area contributed by atoms with Crippen LogP contribution in [0.3, 0.4) is 0 Å². The molecule has 1 aliphatic rings. The van der Waals surface area contributed by atoms with Gasteiger partial charge in [-0.15, -0.1) is 0 Å². The average molecular weight is 180 g/mol. The number of ether oxygens (including phenoxy) is 3. The summed E-state index contributed by atoms with van der Waals surface area (Å²) < 4.78 is 15.6. The number of methoxy groups -OCH3 is 1. The molecular formula is C10H12O3. The molecule has 0 N–H and O–H groups in total. The number of benzene rings is 1. The molecule has 0 bridgehead atoms. The highest BCUT2D eigenvalue weighted by Gasteiger charge is 2.18. The maximum absolute atomic E-state index is 5.36. The van der Waals surface area contributed by atoms with E-state index in [-0.39, 0.29) is 6.10 Å². The van der Waals surface area contributed by atoms with Crippen LogP contribution in [0.25, 0.3) is 0 Å². The van der Waals surface area contributed by atoms with E-state index in [1.165, 1.54) is 0 Å².